The Labute approximate surface area is 121 Å². The number of hydrogen-bond acceptors (Lipinski definition) is 8. The van der Waals surface area contributed by atoms with Crippen LogP contribution in [0.25, 0.3) is 10.9 Å². The maximum absolute atomic E-state index is 5.23. The summed E-state index contributed by atoms with van der Waals surface area (Å²) in [5, 5.41) is 11.4. The van der Waals surface area contributed by atoms with Crippen LogP contribution in [0.1, 0.15) is 0 Å². The number of nitrogens with zero attached hydrogens (tertiary/aromatic N) is 8. The van der Waals surface area contributed by atoms with Gasteiger partial charge in [0.05, 0.1) is 46.2 Å². The molecule has 1 aromatic carbocycles. The van der Waals surface area contributed by atoms with E-state index in [1.807, 2.05) is 0 Å². The number of aromatic nitrogens is 2. The lowest BCUT2D eigenvalue weighted by Crippen LogP contribution is -1.85. The molecule has 8 nitrogen and oxygen atoms in total. The van der Waals surface area contributed by atoms with Gasteiger partial charge in [0.1, 0.15) is 5.69 Å². The van der Waals surface area contributed by atoms with Crippen LogP contribution in [0.5, 0.6) is 0 Å². The fourth-order valence-electron chi connectivity index (χ4n) is 1.44. The van der Waals surface area contributed by atoms with Crippen molar-refractivity contribution in [1.29, 1.82) is 0 Å². The molecule has 0 aliphatic heterocycles. The van der Waals surface area contributed by atoms with Crippen LogP contribution in [-0.2, 0) is 0 Å². The van der Waals surface area contributed by atoms with Crippen LogP contribution in [0.2, 0.25) is 0 Å². The van der Waals surface area contributed by atoms with Crippen molar-refractivity contribution in [2.24, 2.45) is 29.2 Å². The highest BCUT2D eigenvalue weighted by atomic mass is 35.5. The predicted octanol–water partition coefficient (Wildman–Crippen LogP) is 5.34. The summed E-state index contributed by atoms with van der Waals surface area (Å²) in [6, 6.07) is 5.07. The van der Waals surface area contributed by atoms with Crippen LogP contribution < -0.4 is 0 Å². The summed E-state index contributed by atoms with van der Waals surface area (Å²) in [6.45, 7) is 0. The summed E-state index contributed by atoms with van der Waals surface area (Å²) in [5.41, 5.74) is 0.913. The average Bonchev–Trinajstić information content (AvgIpc) is 2.40. The van der Waals surface area contributed by atoms with Crippen LogP contribution in [0.3, 0.4) is 0 Å². The van der Waals surface area contributed by atoms with E-state index in [0.29, 0.717) is 16.6 Å². The average molecular weight is 318 g/mol. The Kier molecular flexibility index (Phi) is 4.61. The molecule has 0 aliphatic carbocycles. The van der Waals surface area contributed by atoms with Crippen molar-refractivity contribution in [3.05, 3.63) is 18.2 Å². The molecule has 0 unspecified atom stereocenters. The maximum Gasteiger partial charge on any atom is 0.272 e. The number of rotatable bonds is 3. The topological polar surface area (TPSA) is 99.9 Å². The molecule has 0 N–H and O–H groups in total. The summed E-state index contributed by atoms with van der Waals surface area (Å²) in [4.78, 5) is 8.08. The highest BCUT2D eigenvalue weighted by molar-refractivity contribution is 6.14. The first-order chi connectivity index (χ1) is 9.30. The third-order valence-corrected chi connectivity index (χ3v) is 2.30. The van der Waals surface area contributed by atoms with Gasteiger partial charge in [0.25, 0.3) is 5.95 Å². The lowest BCUT2D eigenvalue weighted by molar-refractivity contribution is 1.10. The van der Waals surface area contributed by atoms with Crippen LogP contribution in [0.15, 0.2) is 47.4 Å². The Bertz CT molecular complexity index is 683. The lowest BCUT2D eigenvalue weighted by Gasteiger charge is -2.02. The fourth-order valence-corrected chi connectivity index (χ4v) is 1.67. The van der Waals surface area contributed by atoms with Crippen molar-refractivity contribution in [3.63, 3.8) is 0 Å². The van der Waals surface area contributed by atoms with Gasteiger partial charge in [0.15, 0.2) is 5.82 Å². The molecule has 0 spiro atoms. The van der Waals surface area contributed by atoms with Crippen LogP contribution in [0, 0.1) is 0 Å². The van der Waals surface area contributed by atoms with Gasteiger partial charge >= 0.3 is 0 Å². The zero-order chi connectivity index (χ0) is 13.7. The molecule has 0 radical (unpaired) electrons. The van der Waals surface area contributed by atoms with Crippen molar-refractivity contribution in [1.82, 2.24) is 9.97 Å². The Morgan fingerprint density at radius 1 is 0.842 bits per heavy atom. The largest absolute Gasteiger partial charge is 0.272 e. The predicted molar refractivity (Wildman–Crippen MR) is 70.6 cm³/mol. The Morgan fingerprint density at radius 3 is 2.26 bits per heavy atom. The molecule has 0 amide bonds. The molecule has 1 heterocycles. The number of halogens is 3. The molecule has 0 bridgehead atoms. The van der Waals surface area contributed by atoms with Gasteiger partial charge in [0, 0.05) is 0 Å². The number of hydrogen-bond donors (Lipinski definition) is 0. The second-order valence-electron chi connectivity index (χ2n) is 3.05. The zero-order valence-corrected chi connectivity index (χ0v) is 11.2. The lowest BCUT2D eigenvalue weighted by atomic mass is 10.2. The Morgan fingerprint density at radius 2 is 1.58 bits per heavy atom. The molecule has 19 heavy (non-hydrogen) atoms. The highest BCUT2D eigenvalue weighted by Crippen LogP contribution is 2.34. The van der Waals surface area contributed by atoms with Gasteiger partial charge in [-0.1, -0.05) is 25.1 Å². The van der Waals surface area contributed by atoms with E-state index in [2.05, 4.69) is 39.2 Å². The SMILES string of the molecule is ClN=Nc1nc(N=NCl)c2c(N=NCl)cccc2n1. The summed E-state index contributed by atoms with van der Waals surface area (Å²) in [5.74, 6) is 0.167. The summed E-state index contributed by atoms with van der Waals surface area (Å²) in [6.07, 6.45) is 0. The number of benzene rings is 1. The van der Waals surface area contributed by atoms with E-state index in [1.165, 1.54) is 0 Å². The fraction of sp³-hybridized carbons (Fsp3) is 0. The maximum atomic E-state index is 5.23. The minimum atomic E-state index is 0.0153. The second-order valence-corrected chi connectivity index (χ2v) is 3.50. The van der Waals surface area contributed by atoms with Gasteiger partial charge < -0.3 is 0 Å². The van der Waals surface area contributed by atoms with Crippen LogP contribution in [0.4, 0.5) is 17.5 Å². The van der Waals surface area contributed by atoms with E-state index >= 15 is 0 Å². The highest BCUT2D eigenvalue weighted by Gasteiger charge is 2.11. The van der Waals surface area contributed by atoms with Crippen LogP contribution in [-0.4, -0.2) is 9.97 Å². The smallest absolute Gasteiger partial charge is 0.209 e. The molecule has 0 atom stereocenters. The molecule has 0 aliphatic rings. The second kappa shape index (κ2) is 6.41. The van der Waals surface area contributed by atoms with Crippen molar-refractivity contribution in [2.75, 3.05) is 0 Å². The Balaban J connectivity index is 2.82. The molecular weight excluding hydrogens is 315 g/mol. The Hall–Kier alpha value is -1.77. The van der Waals surface area contributed by atoms with Crippen molar-refractivity contribution < 1.29 is 0 Å². The molecular formula is C8H3Cl3N8. The monoisotopic (exact) mass is 316 g/mol. The van der Waals surface area contributed by atoms with E-state index in [-0.39, 0.29) is 11.8 Å². The standard InChI is InChI=1S/C8H3Cl3N8/c9-17-14-5-3-1-2-4-6(5)7(15-18-10)13-8(12-4)16-19-11/h1-3H. The van der Waals surface area contributed by atoms with Crippen molar-refractivity contribution in [3.8, 4) is 0 Å². The third kappa shape index (κ3) is 2.98. The number of fused-ring (bicyclic) bond motifs is 1. The minimum Gasteiger partial charge on any atom is -0.209 e. The first-order valence-electron chi connectivity index (χ1n) is 4.67. The van der Waals surface area contributed by atoms with Gasteiger partial charge in [-0.25, -0.2) is 4.98 Å². The van der Waals surface area contributed by atoms with Gasteiger partial charge in [-0.2, -0.15) is 4.98 Å². The summed E-state index contributed by atoms with van der Waals surface area (Å²) >= 11 is 15.6. The van der Waals surface area contributed by atoms with Crippen molar-refractivity contribution >= 4 is 63.7 Å². The third-order valence-electron chi connectivity index (χ3n) is 2.08. The van der Waals surface area contributed by atoms with E-state index in [0.717, 1.165) is 0 Å². The van der Waals surface area contributed by atoms with E-state index < -0.39 is 0 Å². The van der Waals surface area contributed by atoms with Gasteiger partial charge in [0.2, 0.25) is 0 Å². The summed E-state index contributed by atoms with van der Waals surface area (Å²) in [7, 11) is 0. The first-order valence-corrected chi connectivity index (χ1v) is 5.68. The minimum absolute atomic E-state index is 0.0153. The zero-order valence-electron chi connectivity index (χ0n) is 8.94. The van der Waals surface area contributed by atoms with E-state index in [9.17, 15) is 0 Å². The molecule has 0 saturated carbocycles. The quantitative estimate of drug-likeness (QED) is 0.713. The van der Waals surface area contributed by atoms with Gasteiger partial charge in [-0.15, -0.1) is 10.2 Å². The van der Waals surface area contributed by atoms with Gasteiger partial charge in [-0.3, -0.25) is 0 Å². The molecule has 11 heteroatoms. The van der Waals surface area contributed by atoms with Gasteiger partial charge in [-0.05, 0) is 12.1 Å². The van der Waals surface area contributed by atoms with Crippen molar-refractivity contribution in [2.45, 2.75) is 0 Å². The molecule has 1 aromatic heterocycles. The summed E-state index contributed by atoms with van der Waals surface area (Å²) < 4.78 is 9.42. The van der Waals surface area contributed by atoms with Crippen LogP contribution >= 0.6 is 35.3 Å². The molecule has 0 fully saturated rings. The molecule has 2 rings (SSSR count). The first kappa shape index (κ1) is 13.7. The molecule has 0 saturated heterocycles. The van der Waals surface area contributed by atoms with E-state index in [1.54, 1.807) is 18.2 Å². The van der Waals surface area contributed by atoms with E-state index in [4.69, 9.17) is 35.3 Å². The molecule has 96 valence electrons. The normalized spacial score (nSPS) is 12.4. The molecule has 2 aromatic rings.